The Labute approximate surface area is 135 Å². The van der Waals surface area contributed by atoms with E-state index in [0.29, 0.717) is 12.2 Å². The fourth-order valence-electron chi connectivity index (χ4n) is 2.89. The number of nitrogens with one attached hydrogen (secondary N) is 1. The molecule has 7 nitrogen and oxygen atoms in total. The van der Waals surface area contributed by atoms with Gasteiger partial charge >= 0.3 is 6.03 Å². The number of allylic oxidation sites excluding steroid dienone is 2. The van der Waals surface area contributed by atoms with Gasteiger partial charge in [0.15, 0.2) is 0 Å². The Morgan fingerprint density at radius 3 is 2.87 bits per heavy atom. The average Bonchev–Trinajstić information content (AvgIpc) is 2.84. The lowest BCUT2D eigenvalue weighted by Gasteiger charge is -2.26. The molecule has 3 rings (SSSR count). The molecule has 3 amide bonds. The van der Waals surface area contributed by atoms with Crippen molar-refractivity contribution in [1.29, 1.82) is 0 Å². The van der Waals surface area contributed by atoms with Crippen LogP contribution in [0, 0.1) is 5.92 Å². The number of urea groups is 1. The number of amides is 3. The third-order valence-corrected chi connectivity index (χ3v) is 4.21. The molecule has 0 aliphatic carbocycles. The summed E-state index contributed by atoms with van der Waals surface area (Å²) in [6.45, 7) is 4.67. The highest BCUT2D eigenvalue weighted by Gasteiger charge is 2.33. The smallest absolute Gasteiger partial charge is 0.328 e. The summed E-state index contributed by atoms with van der Waals surface area (Å²) < 4.78 is 5.31. The Bertz CT molecular complexity index is 550. The molecule has 0 radical (unpaired) electrons. The van der Waals surface area contributed by atoms with Crippen LogP contribution in [0.5, 0.6) is 0 Å². The first-order valence-electron chi connectivity index (χ1n) is 8.07. The van der Waals surface area contributed by atoms with Crippen molar-refractivity contribution in [3.63, 3.8) is 0 Å². The van der Waals surface area contributed by atoms with Crippen LogP contribution in [-0.4, -0.2) is 67.3 Å². The van der Waals surface area contributed by atoms with Crippen LogP contribution < -0.4 is 5.32 Å². The second-order valence-corrected chi connectivity index (χ2v) is 5.85. The van der Waals surface area contributed by atoms with E-state index in [1.807, 2.05) is 18.4 Å². The summed E-state index contributed by atoms with van der Waals surface area (Å²) in [5.74, 6) is -0.118. The van der Waals surface area contributed by atoms with Crippen LogP contribution in [0.2, 0.25) is 0 Å². The van der Waals surface area contributed by atoms with Crippen LogP contribution in [0.25, 0.3) is 0 Å². The van der Waals surface area contributed by atoms with Gasteiger partial charge in [0.05, 0.1) is 13.2 Å². The van der Waals surface area contributed by atoms with Gasteiger partial charge < -0.3 is 10.1 Å². The molecule has 124 valence electrons. The monoisotopic (exact) mass is 318 g/mol. The van der Waals surface area contributed by atoms with Gasteiger partial charge in [0.1, 0.15) is 5.70 Å². The van der Waals surface area contributed by atoms with Gasteiger partial charge in [-0.05, 0) is 18.9 Å². The van der Waals surface area contributed by atoms with E-state index in [1.165, 1.54) is 4.90 Å². The van der Waals surface area contributed by atoms with Crippen molar-refractivity contribution in [2.24, 2.45) is 10.9 Å². The topological polar surface area (TPSA) is 74.2 Å². The van der Waals surface area contributed by atoms with Gasteiger partial charge in [0.2, 0.25) is 0 Å². The first-order chi connectivity index (χ1) is 11.2. The molecule has 1 unspecified atom stereocenters. The summed E-state index contributed by atoms with van der Waals surface area (Å²) in [6, 6.07) is -0.323. The number of rotatable bonds is 5. The molecule has 3 aliphatic rings. The molecule has 3 aliphatic heterocycles. The van der Waals surface area contributed by atoms with Crippen molar-refractivity contribution in [2.45, 2.75) is 12.8 Å². The van der Waals surface area contributed by atoms with Gasteiger partial charge in [-0.3, -0.25) is 19.6 Å². The zero-order chi connectivity index (χ0) is 16.1. The lowest BCUT2D eigenvalue weighted by Crippen LogP contribution is -2.39. The number of nitrogens with zero attached hydrogens (tertiary/aromatic N) is 3. The van der Waals surface area contributed by atoms with Gasteiger partial charge in [-0.15, -0.1) is 0 Å². The lowest BCUT2D eigenvalue weighted by atomic mass is 10.0. The molecule has 0 spiro atoms. The van der Waals surface area contributed by atoms with Crippen molar-refractivity contribution in [3.05, 3.63) is 24.0 Å². The average molecular weight is 318 g/mol. The van der Waals surface area contributed by atoms with Gasteiger partial charge in [0, 0.05) is 44.5 Å². The molecular weight excluding hydrogens is 296 g/mol. The Morgan fingerprint density at radius 1 is 1.30 bits per heavy atom. The molecule has 0 bridgehead atoms. The van der Waals surface area contributed by atoms with Crippen LogP contribution in [0.1, 0.15) is 12.8 Å². The van der Waals surface area contributed by atoms with Crippen LogP contribution in [0.4, 0.5) is 4.79 Å². The normalized spacial score (nSPS) is 27.0. The molecule has 0 aromatic rings. The summed E-state index contributed by atoms with van der Waals surface area (Å²) in [7, 11) is 0. The highest BCUT2D eigenvalue weighted by atomic mass is 16.5. The van der Waals surface area contributed by atoms with Crippen LogP contribution >= 0.6 is 0 Å². The maximum Gasteiger partial charge on any atom is 0.328 e. The highest BCUT2D eigenvalue weighted by Crippen LogP contribution is 2.17. The molecule has 2 saturated heterocycles. The zero-order valence-corrected chi connectivity index (χ0v) is 13.1. The van der Waals surface area contributed by atoms with Crippen molar-refractivity contribution in [2.75, 3.05) is 39.4 Å². The van der Waals surface area contributed by atoms with Crippen LogP contribution in [0.15, 0.2) is 29.0 Å². The predicted molar refractivity (Wildman–Crippen MR) is 85.9 cm³/mol. The van der Waals surface area contributed by atoms with Crippen molar-refractivity contribution in [1.82, 2.24) is 15.1 Å². The number of aliphatic imine (C=N–C) groups is 1. The molecule has 23 heavy (non-hydrogen) atoms. The predicted octanol–water partition coefficient (Wildman–Crippen LogP) is 0.749. The van der Waals surface area contributed by atoms with Crippen molar-refractivity contribution < 1.29 is 14.3 Å². The van der Waals surface area contributed by atoms with Crippen molar-refractivity contribution in [3.8, 4) is 0 Å². The molecule has 0 aromatic carbocycles. The number of morpholine rings is 1. The molecule has 1 N–H and O–H groups in total. The van der Waals surface area contributed by atoms with Crippen LogP contribution in [-0.2, 0) is 9.53 Å². The lowest BCUT2D eigenvalue weighted by molar-refractivity contribution is -0.123. The molecule has 1 atom stereocenters. The van der Waals surface area contributed by atoms with E-state index >= 15 is 0 Å². The van der Waals surface area contributed by atoms with E-state index in [2.05, 4.69) is 15.2 Å². The first kappa shape index (κ1) is 15.9. The van der Waals surface area contributed by atoms with Gasteiger partial charge in [0.25, 0.3) is 5.91 Å². The van der Waals surface area contributed by atoms with E-state index in [0.717, 1.165) is 45.7 Å². The Morgan fingerprint density at radius 2 is 2.13 bits per heavy atom. The summed E-state index contributed by atoms with van der Waals surface area (Å²) in [4.78, 5) is 31.9. The maximum atomic E-state index is 12.4. The summed E-state index contributed by atoms with van der Waals surface area (Å²) in [5, 5.41) is 2.68. The minimum atomic E-state index is -0.323. The quantitative estimate of drug-likeness (QED) is 0.599. The fourth-order valence-corrected chi connectivity index (χ4v) is 2.89. The van der Waals surface area contributed by atoms with E-state index in [-0.39, 0.29) is 17.9 Å². The van der Waals surface area contributed by atoms with Gasteiger partial charge in [-0.2, -0.15) is 0 Å². The molecule has 0 saturated carbocycles. The highest BCUT2D eigenvalue weighted by molar-refractivity contribution is 6.11. The van der Waals surface area contributed by atoms with Crippen LogP contribution in [0.3, 0.4) is 0 Å². The first-order valence-corrected chi connectivity index (χ1v) is 8.07. The van der Waals surface area contributed by atoms with E-state index in [9.17, 15) is 9.59 Å². The zero-order valence-electron chi connectivity index (χ0n) is 13.1. The third kappa shape index (κ3) is 4.05. The van der Waals surface area contributed by atoms with Crippen molar-refractivity contribution >= 4 is 18.2 Å². The minimum absolute atomic E-state index is 0.111. The third-order valence-electron chi connectivity index (χ3n) is 4.21. The minimum Gasteiger partial charge on any atom is -0.379 e. The fraction of sp³-hybridized carbons (Fsp3) is 0.562. The molecule has 0 aromatic heterocycles. The van der Waals surface area contributed by atoms with E-state index in [4.69, 9.17) is 4.74 Å². The van der Waals surface area contributed by atoms with Gasteiger partial charge in [-0.25, -0.2) is 4.79 Å². The summed E-state index contributed by atoms with van der Waals surface area (Å²) in [6.07, 6.45) is 8.79. The largest absolute Gasteiger partial charge is 0.379 e. The van der Waals surface area contributed by atoms with E-state index in [1.54, 1.807) is 6.20 Å². The number of ether oxygens (including phenoxy) is 1. The second-order valence-electron chi connectivity index (χ2n) is 5.85. The Hall–Kier alpha value is -1.99. The second kappa shape index (κ2) is 7.52. The summed E-state index contributed by atoms with van der Waals surface area (Å²) >= 11 is 0. The van der Waals surface area contributed by atoms with E-state index < -0.39 is 0 Å². The SMILES string of the molecule is O=C1NC(=CC2C=CN=CC2)C(=O)N1CCCN1CCOCC1. The standard InChI is InChI=1S/C16H22N4O3/c21-15-14(12-13-2-4-17-5-3-13)18-16(22)20(15)7-1-6-19-8-10-23-11-9-19/h2,4-5,12-13H,1,3,6-11H2,(H,18,22). The maximum absolute atomic E-state index is 12.4. The molecule has 7 heteroatoms. The number of carbonyl (C=O) groups excluding carboxylic acids is 2. The number of hydrogen-bond acceptors (Lipinski definition) is 5. The number of carbonyl (C=O) groups is 2. The summed E-state index contributed by atoms with van der Waals surface area (Å²) in [5.41, 5.74) is 0.381. The molecule has 2 fully saturated rings. The Kier molecular flexibility index (Phi) is 5.19. The Balaban J connectivity index is 1.50. The number of hydrogen-bond donors (Lipinski definition) is 1. The molecular formula is C16H22N4O3. The molecule has 3 heterocycles. The number of imide groups is 1. The van der Waals surface area contributed by atoms with Gasteiger partial charge in [-0.1, -0.05) is 6.08 Å².